The summed E-state index contributed by atoms with van der Waals surface area (Å²) >= 11 is 0. The Bertz CT molecular complexity index is 758. The Labute approximate surface area is 123 Å². The summed E-state index contributed by atoms with van der Waals surface area (Å²) < 4.78 is 1.66. The summed E-state index contributed by atoms with van der Waals surface area (Å²) in [5.74, 6) is 0.627. The van der Waals surface area contributed by atoms with Crippen LogP contribution in [0.2, 0.25) is 0 Å². The van der Waals surface area contributed by atoms with Gasteiger partial charge in [0.15, 0.2) is 5.78 Å². The van der Waals surface area contributed by atoms with E-state index in [2.05, 4.69) is 5.32 Å². The maximum absolute atomic E-state index is 12.8. The molecule has 2 aromatic rings. The van der Waals surface area contributed by atoms with Gasteiger partial charge >= 0.3 is 0 Å². The molecule has 1 aromatic heterocycles. The van der Waals surface area contributed by atoms with Crippen molar-refractivity contribution in [2.75, 3.05) is 11.9 Å². The first-order valence-corrected chi connectivity index (χ1v) is 7.17. The van der Waals surface area contributed by atoms with Crippen LogP contribution in [0.5, 0.6) is 0 Å². The number of benzene rings is 1. The molecule has 0 saturated heterocycles. The largest absolute Gasteiger partial charge is 0.371 e. The first kappa shape index (κ1) is 13.6. The number of hydrogen-bond donors (Lipinski definition) is 1. The van der Waals surface area contributed by atoms with Crippen molar-refractivity contribution in [1.82, 2.24) is 4.57 Å². The number of hydrogen-bond acceptors (Lipinski definition) is 3. The number of anilines is 1. The van der Waals surface area contributed by atoms with Crippen molar-refractivity contribution in [3.05, 3.63) is 62.9 Å². The van der Waals surface area contributed by atoms with Crippen LogP contribution in [0, 0.1) is 13.8 Å². The van der Waals surface area contributed by atoms with E-state index in [9.17, 15) is 9.59 Å². The zero-order valence-electron chi connectivity index (χ0n) is 12.3. The molecule has 4 nitrogen and oxygen atoms in total. The van der Waals surface area contributed by atoms with E-state index in [4.69, 9.17) is 0 Å². The van der Waals surface area contributed by atoms with Gasteiger partial charge in [0.25, 0.3) is 5.56 Å². The van der Waals surface area contributed by atoms with E-state index in [0.717, 1.165) is 24.1 Å². The maximum atomic E-state index is 12.8. The molecule has 0 unspecified atom stereocenters. The minimum atomic E-state index is -0.0462. The highest BCUT2D eigenvalue weighted by Gasteiger charge is 2.22. The van der Waals surface area contributed by atoms with Crippen LogP contribution < -0.4 is 10.9 Å². The maximum Gasteiger partial charge on any atom is 0.252 e. The van der Waals surface area contributed by atoms with Crippen LogP contribution >= 0.6 is 0 Å². The summed E-state index contributed by atoms with van der Waals surface area (Å²) in [7, 11) is 0. The highest BCUT2D eigenvalue weighted by Crippen LogP contribution is 2.24. The predicted octanol–water partition coefficient (Wildman–Crippen LogP) is 2.51. The average Bonchev–Trinajstić information content (AvgIpc) is 2.48. The van der Waals surface area contributed by atoms with Crippen molar-refractivity contribution >= 4 is 11.6 Å². The number of carbonyl (C=O) groups is 1. The number of carbonyl (C=O) groups excluding carboxylic acids is 1. The standard InChI is InChI=1S/C17H18N2O2/c1-11-4-6-13(7-5-11)16(21)15-12(2)10-14(20)19-9-3-8-18-17(15)19/h4-7,10,18H,3,8-9H2,1-2H3. The smallest absolute Gasteiger partial charge is 0.252 e. The molecule has 4 heteroatoms. The van der Waals surface area contributed by atoms with Gasteiger partial charge < -0.3 is 5.32 Å². The molecule has 0 atom stereocenters. The molecule has 0 amide bonds. The lowest BCUT2D eigenvalue weighted by atomic mass is 9.98. The van der Waals surface area contributed by atoms with Gasteiger partial charge in [-0.2, -0.15) is 0 Å². The number of aryl methyl sites for hydroxylation is 2. The Morgan fingerprint density at radius 3 is 2.62 bits per heavy atom. The Kier molecular flexibility index (Phi) is 3.37. The monoisotopic (exact) mass is 282 g/mol. The fourth-order valence-electron chi connectivity index (χ4n) is 2.75. The number of pyridine rings is 1. The predicted molar refractivity (Wildman–Crippen MR) is 83.2 cm³/mol. The first-order chi connectivity index (χ1) is 10.1. The number of rotatable bonds is 2. The molecule has 1 N–H and O–H groups in total. The first-order valence-electron chi connectivity index (χ1n) is 7.17. The van der Waals surface area contributed by atoms with Gasteiger partial charge in [0.2, 0.25) is 0 Å². The summed E-state index contributed by atoms with van der Waals surface area (Å²) in [6, 6.07) is 9.08. The number of ketones is 1. The Morgan fingerprint density at radius 2 is 1.90 bits per heavy atom. The molecule has 0 radical (unpaired) electrons. The van der Waals surface area contributed by atoms with E-state index in [1.54, 1.807) is 10.6 Å². The summed E-state index contributed by atoms with van der Waals surface area (Å²) in [6.45, 7) is 5.26. The minimum absolute atomic E-state index is 0.0364. The van der Waals surface area contributed by atoms with Crippen LogP contribution in [-0.4, -0.2) is 16.9 Å². The van der Waals surface area contributed by atoms with Gasteiger partial charge in [0.05, 0.1) is 5.56 Å². The van der Waals surface area contributed by atoms with Crippen LogP contribution in [0.15, 0.2) is 35.1 Å². The lowest BCUT2D eigenvalue weighted by molar-refractivity contribution is 0.103. The third-order valence-electron chi connectivity index (χ3n) is 3.90. The molecule has 21 heavy (non-hydrogen) atoms. The zero-order valence-corrected chi connectivity index (χ0v) is 12.3. The molecule has 2 heterocycles. The SMILES string of the molecule is Cc1ccc(C(=O)c2c(C)cc(=O)n3c2NCCC3)cc1. The zero-order chi connectivity index (χ0) is 15.0. The topological polar surface area (TPSA) is 51.1 Å². The molecule has 108 valence electrons. The van der Waals surface area contributed by atoms with Gasteiger partial charge in [0, 0.05) is 24.7 Å². The van der Waals surface area contributed by atoms with Gasteiger partial charge in [-0.3, -0.25) is 14.2 Å². The van der Waals surface area contributed by atoms with Crippen molar-refractivity contribution < 1.29 is 4.79 Å². The molecular weight excluding hydrogens is 264 g/mol. The normalized spacial score (nSPS) is 13.4. The van der Waals surface area contributed by atoms with Crippen molar-refractivity contribution in [1.29, 1.82) is 0 Å². The molecule has 0 bridgehead atoms. The van der Waals surface area contributed by atoms with Gasteiger partial charge in [-0.15, -0.1) is 0 Å². The molecule has 3 rings (SSSR count). The van der Waals surface area contributed by atoms with Crippen molar-refractivity contribution in [3.8, 4) is 0 Å². The lowest BCUT2D eigenvalue weighted by Gasteiger charge is -2.23. The third-order valence-corrected chi connectivity index (χ3v) is 3.90. The molecule has 0 aliphatic carbocycles. The molecule has 0 fully saturated rings. The van der Waals surface area contributed by atoms with Crippen molar-refractivity contribution in [3.63, 3.8) is 0 Å². The molecule has 1 aliphatic heterocycles. The summed E-state index contributed by atoms with van der Waals surface area (Å²) in [5.41, 5.74) is 3.06. The van der Waals surface area contributed by atoms with E-state index < -0.39 is 0 Å². The highest BCUT2D eigenvalue weighted by atomic mass is 16.1. The fraction of sp³-hybridized carbons (Fsp3) is 0.294. The van der Waals surface area contributed by atoms with E-state index in [-0.39, 0.29) is 11.3 Å². The molecule has 0 saturated carbocycles. The van der Waals surface area contributed by atoms with Crippen molar-refractivity contribution in [2.45, 2.75) is 26.8 Å². The summed E-state index contributed by atoms with van der Waals surface area (Å²) in [4.78, 5) is 24.9. The molecular formula is C17H18N2O2. The van der Waals surface area contributed by atoms with Gasteiger partial charge in [-0.1, -0.05) is 29.8 Å². The van der Waals surface area contributed by atoms with Crippen LogP contribution in [0.1, 0.15) is 33.5 Å². The van der Waals surface area contributed by atoms with Crippen LogP contribution in [0.3, 0.4) is 0 Å². The fourth-order valence-corrected chi connectivity index (χ4v) is 2.75. The third kappa shape index (κ3) is 2.37. The van der Waals surface area contributed by atoms with E-state index in [1.807, 2.05) is 38.1 Å². The quantitative estimate of drug-likeness (QED) is 0.861. The highest BCUT2D eigenvalue weighted by molar-refractivity contribution is 6.12. The second kappa shape index (κ2) is 5.20. The minimum Gasteiger partial charge on any atom is -0.371 e. The molecule has 0 spiro atoms. The van der Waals surface area contributed by atoms with Gasteiger partial charge in [-0.05, 0) is 25.8 Å². The Hall–Kier alpha value is -2.36. The molecule has 1 aromatic carbocycles. The number of aromatic nitrogens is 1. The van der Waals surface area contributed by atoms with Gasteiger partial charge in [0.1, 0.15) is 5.82 Å². The summed E-state index contributed by atoms with van der Waals surface area (Å²) in [6.07, 6.45) is 0.897. The lowest BCUT2D eigenvalue weighted by Crippen LogP contribution is -2.31. The van der Waals surface area contributed by atoms with Crippen LogP contribution in [0.4, 0.5) is 5.82 Å². The van der Waals surface area contributed by atoms with Gasteiger partial charge in [-0.25, -0.2) is 0 Å². The second-order valence-electron chi connectivity index (χ2n) is 5.52. The number of nitrogens with one attached hydrogen (secondary N) is 1. The number of fused-ring (bicyclic) bond motifs is 1. The van der Waals surface area contributed by atoms with Crippen LogP contribution in [-0.2, 0) is 6.54 Å². The number of nitrogens with zero attached hydrogens (tertiary/aromatic N) is 1. The Morgan fingerprint density at radius 1 is 1.19 bits per heavy atom. The average molecular weight is 282 g/mol. The van der Waals surface area contributed by atoms with Crippen LogP contribution in [0.25, 0.3) is 0 Å². The Balaban J connectivity index is 2.16. The van der Waals surface area contributed by atoms with E-state index >= 15 is 0 Å². The van der Waals surface area contributed by atoms with Crippen molar-refractivity contribution in [2.24, 2.45) is 0 Å². The van der Waals surface area contributed by atoms with E-state index in [1.165, 1.54) is 0 Å². The van der Waals surface area contributed by atoms with E-state index in [0.29, 0.717) is 23.5 Å². The second-order valence-corrected chi connectivity index (χ2v) is 5.52. The summed E-state index contributed by atoms with van der Waals surface area (Å²) in [5, 5.41) is 3.22. The molecule has 1 aliphatic rings.